The largest absolute Gasteiger partial charge is 0.273 e. The molecule has 0 unspecified atom stereocenters. The van der Waals surface area contributed by atoms with E-state index in [0.717, 1.165) is 5.01 Å². The van der Waals surface area contributed by atoms with Crippen LogP contribution >= 0.6 is 0 Å². The van der Waals surface area contributed by atoms with Crippen molar-refractivity contribution in [1.82, 2.24) is 5.01 Å². The zero-order chi connectivity index (χ0) is 8.72. The summed E-state index contributed by atoms with van der Waals surface area (Å²) in [5, 5.41) is 0.766. The van der Waals surface area contributed by atoms with Gasteiger partial charge >= 0.3 is 0 Å². The van der Waals surface area contributed by atoms with Crippen LogP contribution in [0.15, 0.2) is 12.2 Å². The smallest absolute Gasteiger partial charge is 0.247 e. The fourth-order valence-electron chi connectivity index (χ4n) is 1.83. The summed E-state index contributed by atoms with van der Waals surface area (Å²) in [5.41, 5.74) is 0. The number of hydrazine groups is 1. The highest BCUT2D eigenvalue weighted by atomic mass is 16.2. The number of rotatable bonds is 0. The van der Waals surface area contributed by atoms with Crippen LogP contribution in [0.1, 0.15) is 12.8 Å². The minimum atomic E-state index is -0.227. The van der Waals surface area contributed by atoms with Gasteiger partial charge in [0.05, 0.1) is 11.8 Å². The van der Waals surface area contributed by atoms with Gasteiger partial charge in [-0.1, -0.05) is 12.2 Å². The van der Waals surface area contributed by atoms with Crippen LogP contribution < -0.4 is 5.84 Å². The molecule has 2 rings (SSSR count). The third kappa shape index (κ3) is 0.814. The fourth-order valence-corrected chi connectivity index (χ4v) is 1.83. The lowest BCUT2D eigenvalue weighted by molar-refractivity contribution is -0.140. The fraction of sp³-hybridized carbons (Fsp3) is 0.500. The molecule has 0 spiro atoms. The second kappa shape index (κ2) is 2.42. The Bertz CT molecular complexity index is 246. The van der Waals surface area contributed by atoms with Gasteiger partial charge in [0.2, 0.25) is 11.8 Å². The predicted octanol–water partition coefficient (Wildman–Crippen LogP) is -0.189. The average molecular weight is 166 g/mol. The third-order valence-corrected chi connectivity index (χ3v) is 2.54. The van der Waals surface area contributed by atoms with Crippen molar-refractivity contribution >= 4 is 11.8 Å². The van der Waals surface area contributed by atoms with Gasteiger partial charge in [-0.25, -0.2) is 10.9 Å². The molecular weight excluding hydrogens is 156 g/mol. The lowest BCUT2D eigenvalue weighted by Crippen LogP contribution is -2.37. The van der Waals surface area contributed by atoms with Crippen molar-refractivity contribution in [2.24, 2.45) is 17.7 Å². The van der Waals surface area contributed by atoms with E-state index in [4.69, 9.17) is 5.84 Å². The van der Waals surface area contributed by atoms with Crippen molar-refractivity contribution in [2.45, 2.75) is 12.8 Å². The topological polar surface area (TPSA) is 63.4 Å². The van der Waals surface area contributed by atoms with Gasteiger partial charge in [-0.15, -0.1) is 0 Å². The number of fused-ring (bicyclic) bond motifs is 1. The molecule has 2 N–H and O–H groups in total. The molecule has 0 bridgehead atoms. The van der Waals surface area contributed by atoms with Gasteiger partial charge in [-0.2, -0.15) is 0 Å². The van der Waals surface area contributed by atoms with E-state index < -0.39 is 0 Å². The van der Waals surface area contributed by atoms with Crippen LogP contribution in [-0.2, 0) is 9.59 Å². The quantitative estimate of drug-likeness (QED) is 0.235. The molecule has 0 aromatic carbocycles. The molecule has 0 radical (unpaired) electrons. The summed E-state index contributed by atoms with van der Waals surface area (Å²) in [6.45, 7) is 0. The Kier molecular flexibility index (Phi) is 1.51. The summed E-state index contributed by atoms with van der Waals surface area (Å²) in [6.07, 6.45) is 5.18. The van der Waals surface area contributed by atoms with E-state index >= 15 is 0 Å². The first-order valence-corrected chi connectivity index (χ1v) is 3.99. The summed E-state index contributed by atoms with van der Waals surface area (Å²) >= 11 is 0. The zero-order valence-corrected chi connectivity index (χ0v) is 6.56. The van der Waals surface area contributed by atoms with Crippen LogP contribution in [0.3, 0.4) is 0 Å². The van der Waals surface area contributed by atoms with Crippen LogP contribution in [0.4, 0.5) is 0 Å². The highest BCUT2D eigenvalue weighted by molar-refractivity contribution is 6.04. The molecule has 1 fully saturated rings. The molecule has 1 aliphatic heterocycles. The normalized spacial score (nSPS) is 34.2. The van der Waals surface area contributed by atoms with Gasteiger partial charge < -0.3 is 0 Å². The van der Waals surface area contributed by atoms with Gasteiger partial charge in [0.1, 0.15) is 0 Å². The molecular formula is C8H10N2O2. The van der Waals surface area contributed by atoms with E-state index in [0.29, 0.717) is 12.8 Å². The predicted molar refractivity (Wildman–Crippen MR) is 41.4 cm³/mol. The van der Waals surface area contributed by atoms with E-state index in [1.165, 1.54) is 0 Å². The van der Waals surface area contributed by atoms with Crippen LogP contribution in [0.25, 0.3) is 0 Å². The molecule has 2 atom stereocenters. The second-order valence-electron chi connectivity index (χ2n) is 3.20. The molecule has 1 heterocycles. The molecule has 0 saturated carbocycles. The van der Waals surface area contributed by atoms with Gasteiger partial charge in [-0.3, -0.25) is 9.59 Å². The molecule has 4 heteroatoms. The van der Waals surface area contributed by atoms with Crippen molar-refractivity contribution in [1.29, 1.82) is 0 Å². The number of amides is 2. The van der Waals surface area contributed by atoms with Crippen molar-refractivity contribution in [3.63, 3.8) is 0 Å². The molecule has 0 aromatic rings. The highest BCUT2D eigenvalue weighted by Crippen LogP contribution is 2.33. The van der Waals surface area contributed by atoms with Crippen molar-refractivity contribution < 1.29 is 9.59 Å². The number of hydrogen-bond donors (Lipinski definition) is 1. The maximum Gasteiger partial charge on any atom is 0.247 e. The first-order valence-electron chi connectivity index (χ1n) is 3.99. The van der Waals surface area contributed by atoms with Gasteiger partial charge in [0.15, 0.2) is 0 Å². The molecule has 0 aromatic heterocycles. The van der Waals surface area contributed by atoms with Crippen LogP contribution in [0, 0.1) is 11.8 Å². The second-order valence-corrected chi connectivity index (χ2v) is 3.20. The summed E-state index contributed by atoms with van der Waals surface area (Å²) in [4.78, 5) is 22.6. The molecule has 1 saturated heterocycles. The van der Waals surface area contributed by atoms with Gasteiger partial charge in [0.25, 0.3) is 0 Å². The molecule has 2 amide bonds. The first-order chi connectivity index (χ1) is 5.72. The summed E-state index contributed by atoms with van der Waals surface area (Å²) in [5.74, 6) is 4.46. The first kappa shape index (κ1) is 7.49. The van der Waals surface area contributed by atoms with E-state index in [2.05, 4.69) is 0 Å². The maximum absolute atomic E-state index is 11.3. The Morgan fingerprint density at radius 3 is 2.00 bits per heavy atom. The van der Waals surface area contributed by atoms with Gasteiger partial charge in [0, 0.05) is 0 Å². The van der Waals surface area contributed by atoms with Crippen LogP contribution in [0.2, 0.25) is 0 Å². The molecule has 12 heavy (non-hydrogen) atoms. The number of nitrogens with two attached hydrogens (primary N) is 1. The number of allylic oxidation sites excluding steroid dienone is 2. The number of carbonyl (C=O) groups excluding carboxylic acids is 2. The average Bonchev–Trinajstić information content (AvgIpc) is 2.33. The standard InChI is InChI=1S/C8H10N2O2/c9-10-7(11)5-3-1-2-4-6(5)8(10)12/h1-2,5-6H,3-4,9H2/t5-,6+. The third-order valence-electron chi connectivity index (χ3n) is 2.54. The number of hydrogen-bond acceptors (Lipinski definition) is 3. The summed E-state index contributed by atoms with van der Waals surface area (Å²) in [6, 6.07) is 0. The van der Waals surface area contributed by atoms with Crippen LogP contribution in [-0.4, -0.2) is 16.8 Å². The molecule has 4 nitrogen and oxygen atoms in total. The van der Waals surface area contributed by atoms with E-state index in [9.17, 15) is 9.59 Å². The monoisotopic (exact) mass is 166 g/mol. The van der Waals surface area contributed by atoms with Crippen molar-refractivity contribution in [2.75, 3.05) is 0 Å². The Morgan fingerprint density at radius 1 is 1.17 bits per heavy atom. The van der Waals surface area contributed by atoms with E-state index in [-0.39, 0.29) is 23.7 Å². The Balaban J connectivity index is 2.31. The lowest BCUT2D eigenvalue weighted by atomic mass is 9.85. The van der Waals surface area contributed by atoms with Crippen LogP contribution in [0.5, 0.6) is 0 Å². The molecule has 64 valence electrons. The minimum Gasteiger partial charge on any atom is -0.273 e. The number of imide groups is 1. The zero-order valence-electron chi connectivity index (χ0n) is 6.56. The Hall–Kier alpha value is -1.16. The lowest BCUT2D eigenvalue weighted by Gasteiger charge is -2.14. The SMILES string of the molecule is NN1C(=O)[C@H]2CC=CC[C@H]2C1=O. The van der Waals surface area contributed by atoms with E-state index in [1.807, 2.05) is 12.2 Å². The van der Waals surface area contributed by atoms with E-state index in [1.54, 1.807) is 0 Å². The Labute approximate surface area is 70.0 Å². The molecule has 2 aliphatic rings. The minimum absolute atomic E-state index is 0.188. The van der Waals surface area contributed by atoms with Crippen molar-refractivity contribution in [3.05, 3.63) is 12.2 Å². The summed E-state index contributed by atoms with van der Waals surface area (Å²) in [7, 11) is 0. The number of nitrogens with zero attached hydrogens (tertiary/aromatic N) is 1. The maximum atomic E-state index is 11.3. The van der Waals surface area contributed by atoms with Gasteiger partial charge in [-0.05, 0) is 12.8 Å². The number of carbonyl (C=O) groups is 2. The molecule has 1 aliphatic carbocycles. The van der Waals surface area contributed by atoms with Crippen molar-refractivity contribution in [3.8, 4) is 0 Å². The highest BCUT2D eigenvalue weighted by Gasteiger charge is 2.45. The summed E-state index contributed by atoms with van der Waals surface area (Å²) < 4.78 is 0. The Morgan fingerprint density at radius 2 is 1.58 bits per heavy atom.